The number of carbonyl (C=O) groups is 2. The number of hydrogen-bond acceptors (Lipinski definition) is 6. The van der Waals surface area contributed by atoms with E-state index in [4.69, 9.17) is 4.74 Å². The van der Waals surface area contributed by atoms with Crippen LogP contribution in [0.4, 0.5) is 5.13 Å². The SMILES string of the molecule is CC(=O)Nc1nc(C(=O)NCc2ccnc(OCc3ccccc3)c2)cs1. The molecular weight excluding hydrogens is 364 g/mol. The average Bonchev–Trinajstić information content (AvgIpc) is 3.13. The van der Waals surface area contributed by atoms with Crippen LogP contribution in [0, 0.1) is 0 Å². The second-order valence-electron chi connectivity index (χ2n) is 5.68. The van der Waals surface area contributed by atoms with E-state index in [0.717, 1.165) is 11.1 Å². The van der Waals surface area contributed by atoms with Crippen LogP contribution in [0.15, 0.2) is 54.0 Å². The minimum Gasteiger partial charge on any atom is -0.473 e. The first-order chi connectivity index (χ1) is 13.1. The normalized spacial score (nSPS) is 10.3. The number of carbonyl (C=O) groups excluding carboxylic acids is 2. The van der Waals surface area contributed by atoms with Crippen LogP contribution in [-0.2, 0) is 17.9 Å². The maximum Gasteiger partial charge on any atom is 0.271 e. The zero-order valence-electron chi connectivity index (χ0n) is 14.6. The van der Waals surface area contributed by atoms with Crippen LogP contribution in [0.2, 0.25) is 0 Å². The van der Waals surface area contributed by atoms with Crippen LogP contribution < -0.4 is 15.4 Å². The van der Waals surface area contributed by atoms with Crippen molar-refractivity contribution < 1.29 is 14.3 Å². The minimum absolute atomic E-state index is 0.226. The van der Waals surface area contributed by atoms with Crippen molar-refractivity contribution in [2.45, 2.75) is 20.1 Å². The lowest BCUT2D eigenvalue weighted by atomic mass is 10.2. The summed E-state index contributed by atoms with van der Waals surface area (Å²) in [6.07, 6.45) is 1.64. The van der Waals surface area contributed by atoms with Gasteiger partial charge in [0.05, 0.1) is 0 Å². The van der Waals surface area contributed by atoms with E-state index in [9.17, 15) is 9.59 Å². The van der Waals surface area contributed by atoms with Gasteiger partial charge in [-0.25, -0.2) is 9.97 Å². The van der Waals surface area contributed by atoms with Crippen LogP contribution in [0.1, 0.15) is 28.5 Å². The Morgan fingerprint density at radius 1 is 1.15 bits per heavy atom. The molecule has 0 saturated heterocycles. The summed E-state index contributed by atoms with van der Waals surface area (Å²) >= 11 is 1.20. The number of ether oxygens (including phenoxy) is 1. The van der Waals surface area contributed by atoms with Gasteiger partial charge in [-0.2, -0.15) is 0 Å². The van der Waals surface area contributed by atoms with Gasteiger partial charge in [0.15, 0.2) is 5.13 Å². The number of anilines is 1. The Morgan fingerprint density at radius 3 is 2.74 bits per heavy atom. The molecule has 0 atom stereocenters. The van der Waals surface area contributed by atoms with Crippen molar-refractivity contribution in [2.75, 3.05) is 5.32 Å². The third-order valence-electron chi connectivity index (χ3n) is 3.50. The van der Waals surface area contributed by atoms with E-state index in [2.05, 4.69) is 20.6 Å². The molecule has 0 radical (unpaired) electrons. The number of benzene rings is 1. The van der Waals surface area contributed by atoms with Gasteiger partial charge in [0, 0.05) is 31.1 Å². The lowest BCUT2D eigenvalue weighted by Gasteiger charge is -2.08. The van der Waals surface area contributed by atoms with E-state index in [-0.39, 0.29) is 17.5 Å². The average molecular weight is 382 g/mol. The van der Waals surface area contributed by atoms with Crippen LogP contribution >= 0.6 is 11.3 Å². The maximum atomic E-state index is 12.2. The Kier molecular flexibility index (Phi) is 6.11. The summed E-state index contributed by atoms with van der Waals surface area (Å²) in [4.78, 5) is 31.5. The van der Waals surface area contributed by atoms with Crippen molar-refractivity contribution in [1.29, 1.82) is 0 Å². The van der Waals surface area contributed by atoms with E-state index < -0.39 is 0 Å². The van der Waals surface area contributed by atoms with E-state index >= 15 is 0 Å². The van der Waals surface area contributed by atoms with Crippen LogP contribution in [0.3, 0.4) is 0 Å². The van der Waals surface area contributed by atoms with Gasteiger partial charge < -0.3 is 15.4 Å². The second-order valence-corrected chi connectivity index (χ2v) is 6.54. The van der Waals surface area contributed by atoms with Crippen molar-refractivity contribution >= 4 is 28.3 Å². The number of amides is 2. The maximum absolute atomic E-state index is 12.2. The smallest absolute Gasteiger partial charge is 0.271 e. The topological polar surface area (TPSA) is 93.2 Å². The first kappa shape index (κ1) is 18.5. The van der Waals surface area contributed by atoms with Crippen molar-refractivity contribution in [3.8, 4) is 5.88 Å². The van der Waals surface area contributed by atoms with E-state index in [0.29, 0.717) is 24.2 Å². The highest BCUT2D eigenvalue weighted by Gasteiger charge is 2.11. The first-order valence-electron chi connectivity index (χ1n) is 8.23. The fourth-order valence-electron chi connectivity index (χ4n) is 2.23. The Morgan fingerprint density at radius 2 is 1.96 bits per heavy atom. The summed E-state index contributed by atoms with van der Waals surface area (Å²) < 4.78 is 5.69. The predicted molar refractivity (Wildman–Crippen MR) is 103 cm³/mol. The summed E-state index contributed by atoms with van der Waals surface area (Å²) in [6, 6.07) is 13.4. The van der Waals surface area contributed by atoms with Gasteiger partial charge >= 0.3 is 0 Å². The third-order valence-corrected chi connectivity index (χ3v) is 4.26. The molecule has 0 spiro atoms. The molecule has 8 heteroatoms. The van der Waals surface area contributed by atoms with Gasteiger partial charge in [0.1, 0.15) is 12.3 Å². The molecule has 138 valence electrons. The molecule has 1 aromatic carbocycles. The molecular formula is C19H18N4O3S. The summed E-state index contributed by atoms with van der Waals surface area (Å²) in [7, 11) is 0. The molecule has 0 saturated carbocycles. The van der Waals surface area contributed by atoms with Crippen molar-refractivity contribution in [1.82, 2.24) is 15.3 Å². The molecule has 0 fully saturated rings. The molecule has 0 aliphatic rings. The molecule has 3 aromatic rings. The minimum atomic E-state index is -0.314. The number of rotatable bonds is 7. The number of thiazole rings is 1. The number of aromatic nitrogens is 2. The monoisotopic (exact) mass is 382 g/mol. The van der Waals surface area contributed by atoms with E-state index in [1.54, 1.807) is 23.7 Å². The van der Waals surface area contributed by atoms with Gasteiger partial charge in [-0.3, -0.25) is 9.59 Å². The Labute approximate surface area is 160 Å². The number of nitrogens with zero attached hydrogens (tertiary/aromatic N) is 2. The first-order valence-corrected chi connectivity index (χ1v) is 9.11. The summed E-state index contributed by atoms with van der Waals surface area (Å²) in [6.45, 7) is 2.13. The zero-order chi connectivity index (χ0) is 19.1. The highest BCUT2D eigenvalue weighted by molar-refractivity contribution is 7.14. The predicted octanol–water partition coefficient (Wildman–Crippen LogP) is 3.01. The van der Waals surface area contributed by atoms with E-state index in [1.807, 2.05) is 30.3 Å². The highest BCUT2D eigenvalue weighted by Crippen LogP contribution is 2.16. The second kappa shape index (κ2) is 8.91. The van der Waals surface area contributed by atoms with Gasteiger partial charge in [-0.1, -0.05) is 30.3 Å². The molecule has 7 nitrogen and oxygen atoms in total. The van der Waals surface area contributed by atoms with Crippen LogP contribution in [0.5, 0.6) is 5.88 Å². The largest absolute Gasteiger partial charge is 0.473 e. The molecule has 2 amide bonds. The molecule has 3 rings (SSSR count). The molecule has 0 aliphatic carbocycles. The molecule has 2 aromatic heterocycles. The summed E-state index contributed by atoms with van der Waals surface area (Å²) in [5.74, 6) is -0.0465. The van der Waals surface area contributed by atoms with Crippen molar-refractivity contribution in [3.63, 3.8) is 0 Å². The van der Waals surface area contributed by atoms with E-state index in [1.165, 1.54) is 18.3 Å². The summed E-state index contributed by atoms with van der Waals surface area (Å²) in [5, 5.41) is 7.34. The number of nitrogens with one attached hydrogen (secondary N) is 2. The fourth-order valence-corrected chi connectivity index (χ4v) is 2.97. The van der Waals surface area contributed by atoms with Gasteiger partial charge in [-0.05, 0) is 17.2 Å². The number of hydrogen-bond donors (Lipinski definition) is 2. The van der Waals surface area contributed by atoms with Crippen molar-refractivity contribution in [2.24, 2.45) is 0 Å². The summed E-state index contributed by atoms with van der Waals surface area (Å²) in [5.41, 5.74) is 2.17. The van der Waals surface area contributed by atoms with Gasteiger partial charge in [-0.15, -0.1) is 11.3 Å². The van der Waals surface area contributed by atoms with Gasteiger partial charge in [0.2, 0.25) is 11.8 Å². The lowest BCUT2D eigenvalue weighted by molar-refractivity contribution is -0.114. The number of pyridine rings is 1. The zero-order valence-corrected chi connectivity index (χ0v) is 15.5. The Balaban J connectivity index is 1.54. The quantitative estimate of drug-likeness (QED) is 0.655. The third kappa shape index (κ3) is 5.61. The van der Waals surface area contributed by atoms with Crippen LogP contribution in [0.25, 0.3) is 0 Å². The van der Waals surface area contributed by atoms with Gasteiger partial charge in [0.25, 0.3) is 5.91 Å². The molecule has 0 bridgehead atoms. The molecule has 2 heterocycles. The highest BCUT2D eigenvalue weighted by atomic mass is 32.1. The lowest BCUT2D eigenvalue weighted by Crippen LogP contribution is -2.23. The standard InChI is InChI=1S/C19H18N4O3S/c1-13(24)22-19-23-16(12-27-19)18(25)21-10-15-7-8-20-17(9-15)26-11-14-5-3-2-4-6-14/h2-9,12H,10-11H2,1H3,(H,21,25)(H,22,23,24). The molecule has 2 N–H and O–H groups in total. The van der Waals surface area contributed by atoms with Crippen molar-refractivity contribution in [3.05, 3.63) is 70.9 Å². The molecule has 0 unspecified atom stereocenters. The Bertz CT molecular complexity index is 927. The molecule has 27 heavy (non-hydrogen) atoms. The molecule has 0 aliphatic heterocycles. The van der Waals surface area contributed by atoms with Crippen LogP contribution in [-0.4, -0.2) is 21.8 Å². The fraction of sp³-hybridized carbons (Fsp3) is 0.158. The Hall–Kier alpha value is -3.26.